The summed E-state index contributed by atoms with van der Waals surface area (Å²) < 4.78 is 12.4. The number of benzene rings is 1. The van der Waals surface area contributed by atoms with Crippen molar-refractivity contribution in [3.8, 4) is 0 Å². The Labute approximate surface area is 113 Å². The average molecular weight is 265 g/mol. The van der Waals surface area contributed by atoms with Gasteiger partial charge in [0.1, 0.15) is 0 Å². The first-order chi connectivity index (χ1) is 8.70. The Balaban J connectivity index is 1.95. The molecule has 1 aliphatic rings. The van der Waals surface area contributed by atoms with Crippen LogP contribution in [0.2, 0.25) is 0 Å². The summed E-state index contributed by atoms with van der Waals surface area (Å²) >= 11 is 0. The van der Waals surface area contributed by atoms with Crippen LogP contribution in [0.15, 0.2) is 29.2 Å². The van der Waals surface area contributed by atoms with E-state index in [-0.39, 0.29) is 0 Å². The van der Waals surface area contributed by atoms with Crippen LogP contribution in [0.25, 0.3) is 0 Å². The van der Waals surface area contributed by atoms with Crippen LogP contribution in [0.1, 0.15) is 31.7 Å². The third kappa shape index (κ3) is 3.92. The van der Waals surface area contributed by atoms with E-state index >= 15 is 0 Å². The van der Waals surface area contributed by atoms with Gasteiger partial charge in [-0.2, -0.15) is 0 Å². The maximum atomic E-state index is 12.4. The van der Waals surface area contributed by atoms with E-state index in [0.29, 0.717) is 6.04 Å². The van der Waals surface area contributed by atoms with Gasteiger partial charge in [0.25, 0.3) is 0 Å². The first-order valence-corrected chi connectivity index (χ1v) is 8.21. The quantitative estimate of drug-likeness (QED) is 0.821. The highest BCUT2D eigenvalue weighted by Gasteiger charge is 2.31. The number of hydrogen-bond donors (Lipinski definition) is 1. The summed E-state index contributed by atoms with van der Waals surface area (Å²) in [6, 6.07) is 8.50. The van der Waals surface area contributed by atoms with Gasteiger partial charge in [0, 0.05) is 16.7 Å². The number of aryl methyl sites for hydroxylation is 1. The minimum atomic E-state index is -0.870. The van der Waals surface area contributed by atoms with Crippen LogP contribution in [-0.2, 0) is 10.8 Å². The van der Waals surface area contributed by atoms with Crippen LogP contribution in [-0.4, -0.2) is 22.5 Å². The largest absolute Gasteiger partial charge is 0.313 e. The van der Waals surface area contributed by atoms with Gasteiger partial charge >= 0.3 is 0 Å². The van der Waals surface area contributed by atoms with E-state index in [0.717, 1.165) is 29.5 Å². The van der Waals surface area contributed by atoms with Gasteiger partial charge in [0.15, 0.2) is 0 Å². The predicted octanol–water partition coefficient (Wildman–Crippen LogP) is 2.88. The normalized spacial score (nSPS) is 18.6. The van der Waals surface area contributed by atoms with Crippen LogP contribution < -0.4 is 5.32 Å². The zero-order chi connectivity index (χ0) is 13.0. The number of nitrogens with one attached hydrogen (secondary N) is 1. The first-order valence-electron chi connectivity index (χ1n) is 6.89. The Hall–Kier alpha value is -0.670. The molecule has 2 rings (SSSR count). The Morgan fingerprint density at radius 2 is 2.22 bits per heavy atom. The molecule has 0 heterocycles. The third-order valence-electron chi connectivity index (χ3n) is 3.43. The maximum absolute atomic E-state index is 12.4. The lowest BCUT2D eigenvalue weighted by atomic mass is 10.2. The molecular weight excluding hydrogens is 242 g/mol. The molecule has 1 aromatic carbocycles. The number of rotatable bonds is 7. The standard InChI is InChI=1S/C15H23NOS/c1-3-9-16-15(13-7-8-13)11-18(17)14-6-4-5-12(2)10-14/h4-6,10,13,15-16H,3,7-9,11H2,1-2H3. The molecule has 1 N–H and O–H groups in total. The Bertz CT molecular complexity index is 415. The number of hydrogen-bond acceptors (Lipinski definition) is 2. The molecule has 1 aromatic rings. The van der Waals surface area contributed by atoms with E-state index in [1.165, 1.54) is 18.4 Å². The van der Waals surface area contributed by atoms with E-state index in [4.69, 9.17) is 0 Å². The summed E-state index contributed by atoms with van der Waals surface area (Å²) in [6.45, 7) is 5.26. The molecule has 2 atom stereocenters. The van der Waals surface area contributed by atoms with Crippen LogP contribution in [0.4, 0.5) is 0 Å². The molecule has 0 spiro atoms. The third-order valence-corrected chi connectivity index (χ3v) is 4.87. The van der Waals surface area contributed by atoms with Crippen LogP contribution in [0, 0.1) is 12.8 Å². The van der Waals surface area contributed by atoms with Crippen molar-refractivity contribution >= 4 is 10.8 Å². The lowest BCUT2D eigenvalue weighted by Gasteiger charge is -2.17. The highest BCUT2D eigenvalue weighted by Crippen LogP contribution is 2.33. The van der Waals surface area contributed by atoms with Gasteiger partial charge in [0.05, 0.1) is 10.8 Å². The molecule has 18 heavy (non-hydrogen) atoms. The second-order valence-electron chi connectivity index (χ2n) is 5.23. The van der Waals surface area contributed by atoms with Gasteiger partial charge in [-0.3, -0.25) is 4.21 Å². The maximum Gasteiger partial charge on any atom is 0.0545 e. The van der Waals surface area contributed by atoms with Crippen molar-refractivity contribution in [1.82, 2.24) is 5.32 Å². The predicted molar refractivity (Wildman–Crippen MR) is 77.3 cm³/mol. The van der Waals surface area contributed by atoms with Crippen molar-refractivity contribution in [2.45, 2.75) is 44.0 Å². The van der Waals surface area contributed by atoms with Gasteiger partial charge in [-0.05, 0) is 56.3 Å². The first kappa shape index (κ1) is 13.8. The fraction of sp³-hybridized carbons (Fsp3) is 0.600. The topological polar surface area (TPSA) is 29.1 Å². The molecule has 0 bridgehead atoms. The molecule has 0 aliphatic heterocycles. The molecule has 0 aromatic heterocycles. The Morgan fingerprint density at radius 1 is 1.44 bits per heavy atom. The lowest BCUT2D eigenvalue weighted by molar-refractivity contribution is 0.498. The summed E-state index contributed by atoms with van der Waals surface area (Å²) in [4.78, 5) is 0.971. The zero-order valence-corrected chi connectivity index (χ0v) is 12.1. The van der Waals surface area contributed by atoms with Crippen LogP contribution >= 0.6 is 0 Å². The molecule has 1 saturated carbocycles. The molecule has 2 unspecified atom stereocenters. The summed E-state index contributed by atoms with van der Waals surface area (Å²) in [5.74, 6) is 1.51. The molecule has 1 aliphatic carbocycles. The second kappa shape index (κ2) is 6.48. The smallest absolute Gasteiger partial charge is 0.0545 e. The Morgan fingerprint density at radius 3 is 2.83 bits per heavy atom. The molecule has 0 amide bonds. The summed E-state index contributed by atoms with van der Waals surface area (Å²) in [5, 5.41) is 3.55. The average Bonchev–Trinajstić information content (AvgIpc) is 3.18. The summed E-state index contributed by atoms with van der Waals surface area (Å²) in [6.07, 6.45) is 3.74. The molecule has 2 nitrogen and oxygen atoms in total. The van der Waals surface area contributed by atoms with E-state index in [9.17, 15) is 4.21 Å². The van der Waals surface area contributed by atoms with Crippen molar-refractivity contribution in [3.63, 3.8) is 0 Å². The van der Waals surface area contributed by atoms with Gasteiger partial charge in [-0.1, -0.05) is 19.1 Å². The fourth-order valence-electron chi connectivity index (χ4n) is 2.21. The van der Waals surface area contributed by atoms with Crippen molar-refractivity contribution in [3.05, 3.63) is 29.8 Å². The monoisotopic (exact) mass is 265 g/mol. The van der Waals surface area contributed by atoms with Crippen molar-refractivity contribution in [1.29, 1.82) is 0 Å². The SMILES string of the molecule is CCCNC(CS(=O)c1cccc(C)c1)C1CC1. The Kier molecular flexibility index (Phi) is 4.95. The van der Waals surface area contributed by atoms with Crippen molar-refractivity contribution in [2.24, 2.45) is 5.92 Å². The second-order valence-corrected chi connectivity index (χ2v) is 6.72. The van der Waals surface area contributed by atoms with Crippen molar-refractivity contribution in [2.75, 3.05) is 12.3 Å². The fourth-order valence-corrected chi connectivity index (χ4v) is 3.66. The molecular formula is C15H23NOS. The van der Waals surface area contributed by atoms with Crippen LogP contribution in [0.5, 0.6) is 0 Å². The van der Waals surface area contributed by atoms with Crippen LogP contribution in [0.3, 0.4) is 0 Å². The highest BCUT2D eigenvalue weighted by atomic mass is 32.2. The van der Waals surface area contributed by atoms with Gasteiger partial charge in [0.2, 0.25) is 0 Å². The molecule has 3 heteroatoms. The van der Waals surface area contributed by atoms with E-state index in [1.807, 2.05) is 18.2 Å². The molecule has 0 radical (unpaired) electrons. The highest BCUT2D eigenvalue weighted by molar-refractivity contribution is 7.85. The summed E-state index contributed by atoms with van der Waals surface area (Å²) in [7, 11) is -0.870. The minimum Gasteiger partial charge on any atom is -0.313 e. The molecule has 100 valence electrons. The van der Waals surface area contributed by atoms with E-state index < -0.39 is 10.8 Å². The molecule has 1 fully saturated rings. The minimum absolute atomic E-state index is 0.436. The lowest BCUT2D eigenvalue weighted by Crippen LogP contribution is -2.36. The van der Waals surface area contributed by atoms with E-state index in [1.54, 1.807) is 0 Å². The van der Waals surface area contributed by atoms with Gasteiger partial charge < -0.3 is 5.32 Å². The van der Waals surface area contributed by atoms with Crippen molar-refractivity contribution < 1.29 is 4.21 Å². The molecule has 0 saturated heterocycles. The van der Waals surface area contributed by atoms with Gasteiger partial charge in [-0.15, -0.1) is 0 Å². The van der Waals surface area contributed by atoms with E-state index in [2.05, 4.69) is 25.2 Å². The zero-order valence-electron chi connectivity index (χ0n) is 11.3. The van der Waals surface area contributed by atoms with Gasteiger partial charge in [-0.25, -0.2) is 0 Å². The summed E-state index contributed by atoms with van der Waals surface area (Å²) in [5.41, 5.74) is 1.19.